The number of hydrogen-bond acceptors (Lipinski definition) is 2. The van der Waals surface area contributed by atoms with E-state index in [1.807, 2.05) is 0 Å². The molecular formula is C15H14ClF2NO. The van der Waals surface area contributed by atoms with Gasteiger partial charge in [-0.15, -0.1) is 0 Å². The molecule has 2 rings (SSSR count). The minimum atomic E-state index is -1.15. The second-order valence-corrected chi connectivity index (χ2v) is 4.94. The van der Waals surface area contributed by atoms with Gasteiger partial charge in [0.2, 0.25) is 0 Å². The molecule has 20 heavy (non-hydrogen) atoms. The van der Waals surface area contributed by atoms with Gasteiger partial charge in [0.1, 0.15) is 11.6 Å². The number of halogens is 3. The molecule has 2 nitrogen and oxygen atoms in total. The maximum atomic E-state index is 13.7. The summed E-state index contributed by atoms with van der Waals surface area (Å²) in [6.07, 6.45) is -1.15. The molecule has 0 amide bonds. The molecule has 0 aliphatic carbocycles. The van der Waals surface area contributed by atoms with Crippen LogP contribution in [0.1, 0.15) is 23.1 Å². The lowest BCUT2D eigenvalue weighted by Gasteiger charge is -2.22. The van der Waals surface area contributed by atoms with Crippen molar-refractivity contribution in [1.82, 2.24) is 0 Å². The second kappa shape index (κ2) is 6.31. The van der Waals surface area contributed by atoms with E-state index in [2.05, 4.69) is 0 Å². The fraction of sp³-hybridized carbons (Fsp3) is 0.200. The van der Waals surface area contributed by atoms with Gasteiger partial charge in [0, 0.05) is 29.1 Å². The lowest BCUT2D eigenvalue weighted by molar-refractivity contribution is 0.143. The van der Waals surface area contributed by atoms with Crippen LogP contribution in [0.25, 0.3) is 0 Å². The zero-order chi connectivity index (χ0) is 14.7. The van der Waals surface area contributed by atoms with Crippen molar-refractivity contribution in [2.75, 3.05) is 6.54 Å². The standard InChI is InChI=1S/C15H14ClF2NO/c16-10-3-1-9(2-4-10)13(8-19)15(20)12-6-5-11(17)7-14(12)18/h1-7,13,15,20H,8,19H2. The molecule has 2 unspecified atom stereocenters. The number of aliphatic hydroxyl groups is 1. The van der Waals surface area contributed by atoms with Crippen molar-refractivity contribution in [1.29, 1.82) is 0 Å². The highest BCUT2D eigenvalue weighted by atomic mass is 35.5. The third-order valence-electron chi connectivity index (χ3n) is 3.21. The molecule has 2 atom stereocenters. The normalized spacial score (nSPS) is 14.1. The summed E-state index contributed by atoms with van der Waals surface area (Å²) in [5.74, 6) is -1.97. The zero-order valence-electron chi connectivity index (χ0n) is 10.6. The molecule has 0 saturated heterocycles. The van der Waals surface area contributed by atoms with Crippen LogP contribution in [-0.2, 0) is 0 Å². The molecule has 0 aromatic heterocycles. The monoisotopic (exact) mass is 297 g/mol. The minimum absolute atomic E-state index is 0.0248. The predicted octanol–water partition coefficient (Wildman–Crippen LogP) is 3.39. The Balaban J connectivity index is 2.33. The van der Waals surface area contributed by atoms with Gasteiger partial charge < -0.3 is 10.8 Å². The molecule has 0 fully saturated rings. The molecule has 0 heterocycles. The SMILES string of the molecule is NCC(c1ccc(Cl)cc1)C(O)c1ccc(F)cc1F. The number of benzene rings is 2. The third kappa shape index (κ3) is 3.15. The lowest BCUT2D eigenvalue weighted by Crippen LogP contribution is -2.21. The molecule has 0 radical (unpaired) electrons. The van der Waals surface area contributed by atoms with Crippen LogP contribution in [0.15, 0.2) is 42.5 Å². The Morgan fingerprint density at radius 3 is 2.30 bits per heavy atom. The summed E-state index contributed by atoms with van der Waals surface area (Å²) in [6.45, 7) is 0.125. The van der Waals surface area contributed by atoms with Crippen molar-refractivity contribution < 1.29 is 13.9 Å². The lowest BCUT2D eigenvalue weighted by atomic mass is 9.89. The first kappa shape index (κ1) is 14.9. The van der Waals surface area contributed by atoms with Gasteiger partial charge >= 0.3 is 0 Å². The summed E-state index contributed by atoms with van der Waals surface area (Å²) in [6, 6.07) is 9.88. The molecular weight excluding hydrogens is 284 g/mol. The minimum Gasteiger partial charge on any atom is -0.388 e. The van der Waals surface area contributed by atoms with E-state index in [0.717, 1.165) is 17.7 Å². The number of aliphatic hydroxyl groups excluding tert-OH is 1. The Morgan fingerprint density at radius 1 is 1.10 bits per heavy atom. The Labute approximate surface area is 120 Å². The summed E-state index contributed by atoms with van der Waals surface area (Å²) in [5.41, 5.74) is 6.44. The quantitative estimate of drug-likeness (QED) is 0.908. The molecule has 0 saturated carbocycles. The molecule has 0 aliphatic rings. The van der Waals surface area contributed by atoms with Crippen molar-refractivity contribution in [3.8, 4) is 0 Å². The average molecular weight is 298 g/mol. The highest BCUT2D eigenvalue weighted by Gasteiger charge is 2.24. The summed E-state index contributed by atoms with van der Waals surface area (Å²) < 4.78 is 26.6. The molecule has 0 aliphatic heterocycles. The average Bonchev–Trinajstić information content (AvgIpc) is 2.41. The van der Waals surface area contributed by atoms with Crippen molar-refractivity contribution >= 4 is 11.6 Å². The first-order valence-electron chi connectivity index (χ1n) is 6.11. The highest BCUT2D eigenvalue weighted by molar-refractivity contribution is 6.30. The van der Waals surface area contributed by atoms with Gasteiger partial charge in [0.05, 0.1) is 6.10 Å². The van der Waals surface area contributed by atoms with Gasteiger partial charge in [0.25, 0.3) is 0 Å². The topological polar surface area (TPSA) is 46.2 Å². The van der Waals surface area contributed by atoms with Crippen LogP contribution in [0.3, 0.4) is 0 Å². The van der Waals surface area contributed by atoms with E-state index in [9.17, 15) is 13.9 Å². The van der Waals surface area contributed by atoms with Gasteiger partial charge in [-0.2, -0.15) is 0 Å². The molecule has 2 aromatic rings. The van der Waals surface area contributed by atoms with Crippen LogP contribution in [0.5, 0.6) is 0 Å². The van der Waals surface area contributed by atoms with Crippen LogP contribution in [0.2, 0.25) is 5.02 Å². The van der Waals surface area contributed by atoms with E-state index in [1.54, 1.807) is 24.3 Å². The van der Waals surface area contributed by atoms with E-state index in [-0.39, 0.29) is 12.1 Å². The van der Waals surface area contributed by atoms with Gasteiger partial charge in [-0.25, -0.2) is 8.78 Å². The predicted molar refractivity (Wildman–Crippen MR) is 74.6 cm³/mol. The van der Waals surface area contributed by atoms with Crippen molar-refractivity contribution in [2.45, 2.75) is 12.0 Å². The van der Waals surface area contributed by atoms with E-state index in [1.165, 1.54) is 6.07 Å². The first-order valence-corrected chi connectivity index (χ1v) is 6.49. The van der Waals surface area contributed by atoms with Gasteiger partial charge in [0.15, 0.2) is 0 Å². The Morgan fingerprint density at radius 2 is 1.75 bits per heavy atom. The Bertz CT molecular complexity index is 589. The van der Waals surface area contributed by atoms with Crippen molar-refractivity contribution in [3.63, 3.8) is 0 Å². The Kier molecular flexibility index (Phi) is 4.70. The number of rotatable bonds is 4. The third-order valence-corrected chi connectivity index (χ3v) is 3.47. The molecule has 106 valence electrons. The molecule has 0 spiro atoms. The highest BCUT2D eigenvalue weighted by Crippen LogP contribution is 2.32. The maximum absolute atomic E-state index is 13.7. The fourth-order valence-electron chi connectivity index (χ4n) is 2.12. The van der Waals surface area contributed by atoms with E-state index >= 15 is 0 Å². The zero-order valence-corrected chi connectivity index (χ0v) is 11.3. The molecule has 2 aromatic carbocycles. The van der Waals surface area contributed by atoms with E-state index < -0.39 is 23.7 Å². The summed E-state index contributed by atoms with van der Waals surface area (Å²) in [5, 5.41) is 10.9. The van der Waals surface area contributed by atoms with Crippen molar-refractivity contribution in [2.24, 2.45) is 5.73 Å². The summed E-state index contributed by atoms with van der Waals surface area (Å²) >= 11 is 5.80. The fourth-order valence-corrected chi connectivity index (χ4v) is 2.24. The number of nitrogens with two attached hydrogens (primary N) is 1. The van der Waals surface area contributed by atoms with Crippen LogP contribution >= 0.6 is 11.6 Å². The molecule has 5 heteroatoms. The van der Waals surface area contributed by atoms with Gasteiger partial charge in [-0.3, -0.25) is 0 Å². The van der Waals surface area contributed by atoms with Crippen LogP contribution in [0.4, 0.5) is 8.78 Å². The van der Waals surface area contributed by atoms with Crippen LogP contribution < -0.4 is 5.73 Å². The molecule has 3 N–H and O–H groups in total. The summed E-state index contributed by atoms with van der Waals surface area (Å²) in [7, 11) is 0. The van der Waals surface area contributed by atoms with Gasteiger partial charge in [-0.1, -0.05) is 29.8 Å². The van der Waals surface area contributed by atoms with Crippen LogP contribution in [-0.4, -0.2) is 11.7 Å². The van der Waals surface area contributed by atoms with Crippen LogP contribution in [0, 0.1) is 11.6 Å². The van der Waals surface area contributed by atoms with E-state index in [0.29, 0.717) is 5.02 Å². The smallest absolute Gasteiger partial charge is 0.131 e. The van der Waals surface area contributed by atoms with Crippen molar-refractivity contribution in [3.05, 3.63) is 70.2 Å². The second-order valence-electron chi connectivity index (χ2n) is 4.50. The first-order chi connectivity index (χ1) is 9.52. The van der Waals surface area contributed by atoms with Gasteiger partial charge in [-0.05, 0) is 23.8 Å². The maximum Gasteiger partial charge on any atom is 0.131 e. The van der Waals surface area contributed by atoms with E-state index in [4.69, 9.17) is 17.3 Å². The molecule has 0 bridgehead atoms. The largest absolute Gasteiger partial charge is 0.388 e. The number of hydrogen-bond donors (Lipinski definition) is 2. The summed E-state index contributed by atoms with van der Waals surface area (Å²) in [4.78, 5) is 0. The Hall–Kier alpha value is -1.49.